The lowest BCUT2D eigenvalue weighted by molar-refractivity contribution is -0.384. The number of non-ortho nitro benzene ring substituents is 1. The highest BCUT2D eigenvalue weighted by molar-refractivity contribution is 6.30. The van der Waals surface area contributed by atoms with Crippen molar-refractivity contribution < 1.29 is 19.2 Å². The lowest BCUT2D eigenvalue weighted by atomic mass is 9.95. The number of amides is 3. The first-order valence-corrected chi connectivity index (χ1v) is 12.9. The molecule has 5 rings (SSSR count). The third-order valence-electron chi connectivity index (χ3n) is 6.54. The van der Waals surface area contributed by atoms with Gasteiger partial charge in [0.1, 0.15) is 24.2 Å². The molecule has 3 aromatic rings. The van der Waals surface area contributed by atoms with E-state index in [0.29, 0.717) is 29.5 Å². The largest absolute Gasteiger partial charge is 0.490 e. The number of hydrogen-bond acceptors (Lipinski definition) is 6. The van der Waals surface area contributed by atoms with Gasteiger partial charge in [0.05, 0.1) is 28.7 Å². The van der Waals surface area contributed by atoms with E-state index in [4.69, 9.17) is 21.3 Å². The summed E-state index contributed by atoms with van der Waals surface area (Å²) in [6.07, 6.45) is 3.30. The number of piperazine rings is 1. The van der Waals surface area contributed by atoms with Crippen molar-refractivity contribution in [1.29, 1.82) is 0 Å². The van der Waals surface area contributed by atoms with Crippen LogP contribution >= 0.6 is 11.6 Å². The second-order valence-corrected chi connectivity index (χ2v) is 10.0. The summed E-state index contributed by atoms with van der Waals surface area (Å²) in [5.74, 6) is 0.274. The van der Waals surface area contributed by atoms with Gasteiger partial charge in [-0.2, -0.15) is 0 Å². The predicted molar refractivity (Wildman–Crippen MR) is 145 cm³/mol. The monoisotopic (exact) mass is 550 g/mol. The molecule has 0 bridgehead atoms. The topological polar surface area (TPSA) is 133 Å². The van der Waals surface area contributed by atoms with Gasteiger partial charge in [-0.05, 0) is 49.2 Å². The zero-order valence-electron chi connectivity index (χ0n) is 21.3. The van der Waals surface area contributed by atoms with Gasteiger partial charge in [-0.1, -0.05) is 23.7 Å². The Bertz CT molecular complexity index is 1420. The highest BCUT2D eigenvalue weighted by atomic mass is 35.5. The van der Waals surface area contributed by atoms with Crippen LogP contribution in [0.4, 0.5) is 10.5 Å². The Morgan fingerprint density at radius 3 is 2.59 bits per heavy atom. The molecule has 202 valence electrons. The Morgan fingerprint density at radius 2 is 1.95 bits per heavy atom. The van der Waals surface area contributed by atoms with Crippen LogP contribution in [0.15, 0.2) is 65.9 Å². The molecule has 12 heteroatoms. The van der Waals surface area contributed by atoms with Crippen LogP contribution in [0.1, 0.15) is 42.6 Å². The van der Waals surface area contributed by atoms with Crippen molar-refractivity contribution >= 4 is 35.1 Å². The molecule has 0 saturated carbocycles. The van der Waals surface area contributed by atoms with Gasteiger partial charge in [-0.3, -0.25) is 24.8 Å². The van der Waals surface area contributed by atoms with E-state index in [0.717, 1.165) is 11.1 Å². The average Bonchev–Trinajstić information content (AvgIpc) is 3.57. The Hall–Kier alpha value is -4.38. The number of H-pyrrole nitrogens is 1. The molecule has 2 aliphatic heterocycles. The van der Waals surface area contributed by atoms with Crippen LogP contribution in [0.25, 0.3) is 0 Å². The van der Waals surface area contributed by atoms with Crippen LogP contribution < -0.4 is 10.1 Å². The number of nitrogens with one attached hydrogen (secondary N) is 2. The maximum Gasteiger partial charge on any atom is 0.326 e. The molecule has 0 spiro atoms. The summed E-state index contributed by atoms with van der Waals surface area (Å²) in [5.41, 5.74) is 1.91. The molecule has 3 heterocycles. The molecule has 1 saturated heterocycles. The van der Waals surface area contributed by atoms with Gasteiger partial charge in [0, 0.05) is 36.6 Å². The second kappa shape index (κ2) is 10.8. The number of nitro benzene ring substituents is 1. The zero-order valence-corrected chi connectivity index (χ0v) is 22.1. The van der Waals surface area contributed by atoms with Gasteiger partial charge in [-0.15, -0.1) is 0 Å². The molecular formula is C27H27ClN6O5. The first-order valence-electron chi connectivity index (χ1n) is 12.5. The number of rotatable bonds is 6. The lowest BCUT2D eigenvalue weighted by Crippen LogP contribution is -2.55. The number of ether oxygens (including phenoxy) is 1. The summed E-state index contributed by atoms with van der Waals surface area (Å²) in [4.78, 5) is 48.6. The van der Waals surface area contributed by atoms with Crippen molar-refractivity contribution in [3.05, 3.63) is 92.8 Å². The molecule has 1 aromatic heterocycles. The van der Waals surface area contributed by atoms with E-state index in [1.807, 2.05) is 38.2 Å². The number of aromatic nitrogens is 1. The smallest absolute Gasteiger partial charge is 0.326 e. The van der Waals surface area contributed by atoms with Crippen molar-refractivity contribution in [3.8, 4) is 5.75 Å². The number of aromatic amines is 1. The highest BCUT2D eigenvalue weighted by Crippen LogP contribution is 2.45. The molecule has 11 nitrogen and oxygen atoms in total. The third-order valence-corrected chi connectivity index (χ3v) is 6.79. The molecule has 0 aliphatic carbocycles. The first kappa shape index (κ1) is 26.2. The molecule has 2 aromatic carbocycles. The fourth-order valence-electron chi connectivity index (χ4n) is 4.83. The molecule has 3 amide bonds. The maximum absolute atomic E-state index is 14.2. The van der Waals surface area contributed by atoms with Crippen molar-refractivity contribution in [2.45, 2.75) is 32.0 Å². The highest BCUT2D eigenvalue weighted by Gasteiger charge is 2.45. The average molecular weight is 551 g/mol. The normalized spacial score (nSPS) is 19.2. The molecule has 39 heavy (non-hydrogen) atoms. The van der Waals surface area contributed by atoms with E-state index in [9.17, 15) is 19.7 Å². The molecule has 0 radical (unpaired) electrons. The number of hydrogen-bond donors (Lipinski definition) is 2. The van der Waals surface area contributed by atoms with Gasteiger partial charge in [0.2, 0.25) is 5.91 Å². The zero-order chi connectivity index (χ0) is 27.7. The summed E-state index contributed by atoms with van der Waals surface area (Å²) in [5, 5.41) is 14.8. The summed E-state index contributed by atoms with van der Waals surface area (Å²) in [6.45, 7) is 4.18. The molecule has 2 atom stereocenters. The van der Waals surface area contributed by atoms with E-state index in [1.165, 1.54) is 17.0 Å². The number of amidine groups is 1. The third kappa shape index (κ3) is 5.30. The minimum Gasteiger partial charge on any atom is -0.490 e. The minimum atomic E-state index is -0.590. The fourth-order valence-corrected chi connectivity index (χ4v) is 4.96. The van der Waals surface area contributed by atoms with E-state index < -0.39 is 23.0 Å². The molecule has 2 N–H and O–H groups in total. The maximum atomic E-state index is 14.2. The van der Waals surface area contributed by atoms with Crippen molar-refractivity contribution in [2.75, 3.05) is 19.6 Å². The molecule has 0 unspecified atom stereocenters. The van der Waals surface area contributed by atoms with Crippen LogP contribution in [-0.2, 0) is 4.79 Å². The van der Waals surface area contributed by atoms with Crippen LogP contribution in [0.3, 0.4) is 0 Å². The van der Waals surface area contributed by atoms with Crippen LogP contribution in [0.5, 0.6) is 5.75 Å². The Kier molecular flexibility index (Phi) is 7.25. The standard InChI is InChI=1S/C27H27ClN6O5/c1-16(2)39-22-13-20(34(37)38)7-8-21(22)26-31-24(18-9-10-29-14-18)25(17-3-5-19(28)6-4-17)33(26)27(36)32-12-11-30-23(35)15-32/h3-10,13-14,16,24-25,29H,11-12,15H2,1-2H3,(H,30,35)/t24-,25+/m0/s1. The second-order valence-electron chi connectivity index (χ2n) is 9.57. The van der Waals surface area contributed by atoms with Crippen LogP contribution in [-0.4, -0.2) is 63.2 Å². The van der Waals surface area contributed by atoms with E-state index in [2.05, 4.69) is 10.3 Å². The number of nitrogens with zero attached hydrogens (tertiary/aromatic N) is 4. The number of carbonyl (C=O) groups is 2. The fraction of sp³-hybridized carbons (Fsp3) is 0.296. The van der Waals surface area contributed by atoms with Crippen LogP contribution in [0.2, 0.25) is 5.02 Å². The number of benzene rings is 2. The van der Waals surface area contributed by atoms with Gasteiger partial charge in [0.25, 0.3) is 5.69 Å². The Morgan fingerprint density at radius 1 is 1.18 bits per heavy atom. The van der Waals surface area contributed by atoms with E-state index in [1.54, 1.807) is 29.3 Å². The summed E-state index contributed by atoms with van der Waals surface area (Å²) >= 11 is 6.19. The van der Waals surface area contributed by atoms with Gasteiger partial charge < -0.3 is 19.9 Å². The first-order chi connectivity index (χ1) is 18.7. The van der Waals surface area contributed by atoms with Gasteiger partial charge in [0.15, 0.2) is 0 Å². The molecular weight excluding hydrogens is 524 g/mol. The SMILES string of the molecule is CC(C)Oc1cc([N+](=O)[O-])ccc1C1=N[C@@H](c2cc[nH]c2)[C@@H](c2ccc(Cl)cc2)N1C(=O)N1CCNC(=O)C1. The summed E-state index contributed by atoms with van der Waals surface area (Å²) in [7, 11) is 0. The van der Waals surface area contributed by atoms with Gasteiger partial charge >= 0.3 is 6.03 Å². The van der Waals surface area contributed by atoms with Crippen molar-refractivity contribution in [3.63, 3.8) is 0 Å². The lowest BCUT2D eigenvalue weighted by Gasteiger charge is -2.35. The number of carbonyl (C=O) groups excluding carboxylic acids is 2. The van der Waals surface area contributed by atoms with E-state index >= 15 is 0 Å². The van der Waals surface area contributed by atoms with Crippen LogP contribution in [0, 0.1) is 10.1 Å². The van der Waals surface area contributed by atoms with Crippen molar-refractivity contribution in [1.82, 2.24) is 20.1 Å². The summed E-state index contributed by atoms with van der Waals surface area (Å²) in [6, 6.07) is 11.8. The molecule has 2 aliphatic rings. The molecule has 1 fully saturated rings. The quantitative estimate of drug-likeness (QED) is 0.345. The summed E-state index contributed by atoms with van der Waals surface area (Å²) < 4.78 is 6.00. The number of nitro groups is 1. The van der Waals surface area contributed by atoms with Crippen molar-refractivity contribution in [2.24, 2.45) is 4.99 Å². The van der Waals surface area contributed by atoms with E-state index in [-0.39, 0.29) is 30.0 Å². The van der Waals surface area contributed by atoms with Gasteiger partial charge in [-0.25, -0.2) is 4.79 Å². The number of halogens is 1. The predicted octanol–water partition coefficient (Wildman–Crippen LogP) is 4.46. The Balaban J connectivity index is 1.70. The minimum absolute atomic E-state index is 0.0968. The number of urea groups is 1. The number of aliphatic imine (C=N–C) groups is 1. The Labute approximate surface area is 229 Å².